The molecule has 5 heteroatoms. The van der Waals surface area contributed by atoms with Gasteiger partial charge in [0.2, 0.25) is 0 Å². The minimum Gasteiger partial charge on any atom is -0.376 e. The highest BCUT2D eigenvalue weighted by molar-refractivity contribution is 6.76. The molecule has 0 heterocycles. The van der Waals surface area contributed by atoms with Crippen molar-refractivity contribution < 1.29 is 4.74 Å². The molecule has 4 nitrogen and oxygen atoms in total. The summed E-state index contributed by atoms with van der Waals surface area (Å²) in [6.45, 7) is 7.73. The van der Waals surface area contributed by atoms with E-state index in [0.717, 1.165) is 12.7 Å². The molecule has 0 spiro atoms. The minimum absolute atomic E-state index is 0.168. The Morgan fingerprint density at radius 2 is 2.09 bits per heavy atom. The van der Waals surface area contributed by atoms with Gasteiger partial charge in [0.05, 0.1) is 0 Å². The van der Waals surface area contributed by atoms with Crippen LogP contribution < -0.4 is 0 Å². The van der Waals surface area contributed by atoms with Crippen LogP contribution in [0.4, 0.5) is 0 Å². The molecule has 0 rings (SSSR count). The van der Waals surface area contributed by atoms with Crippen molar-refractivity contribution in [3.8, 4) is 0 Å². The molecule has 0 N–H and O–H groups in total. The molecule has 64 valence electrons. The van der Waals surface area contributed by atoms with Crippen LogP contribution >= 0.6 is 0 Å². The van der Waals surface area contributed by atoms with Crippen LogP contribution in [0.2, 0.25) is 25.7 Å². The van der Waals surface area contributed by atoms with E-state index in [2.05, 4.69) is 29.7 Å². The first kappa shape index (κ1) is 10.5. The van der Waals surface area contributed by atoms with E-state index in [1.54, 1.807) is 0 Å². The van der Waals surface area contributed by atoms with Crippen LogP contribution in [0.3, 0.4) is 0 Å². The zero-order chi connectivity index (χ0) is 8.74. The van der Waals surface area contributed by atoms with Gasteiger partial charge < -0.3 is 4.74 Å². The summed E-state index contributed by atoms with van der Waals surface area (Å²) in [7, 11) is -0.977. The van der Waals surface area contributed by atoms with Crippen molar-refractivity contribution in [3.63, 3.8) is 0 Å². The third-order valence-electron chi connectivity index (χ3n) is 1.21. The van der Waals surface area contributed by atoms with Crippen LogP contribution in [0.5, 0.6) is 0 Å². The summed E-state index contributed by atoms with van der Waals surface area (Å²) in [6, 6.07) is 1.12. The quantitative estimate of drug-likeness (QED) is 0.207. The van der Waals surface area contributed by atoms with E-state index in [4.69, 9.17) is 10.3 Å². The monoisotopic (exact) mass is 173 g/mol. The molecule has 0 aliphatic heterocycles. The zero-order valence-electron chi connectivity index (χ0n) is 7.37. The standard InChI is InChI=1S/C6H15N3OSi/c1-11(2,3)5-4-10-6-8-9-7/h4-6H2,1-3H3. The third-order valence-corrected chi connectivity index (χ3v) is 2.91. The molecule has 0 aromatic carbocycles. The maximum Gasteiger partial charge on any atom is 0.125 e. The lowest BCUT2D eigenvalue weighted by molar-refractivity contribution is 0.154. The van der Waals surface area contributed by atoms with E-state index < -0.39 is 8.07 Å². The van der Waals surface area contributed by atoms with E-state index in [-0.39, 0.29) is 6.73 Å². The average Bonchev–Trinajstić information content (AvgIpc) is 1.85. The highest BCUT2D eigenvalue weighted by atomic mass is 28.3. The average molecular weight is 173 g/mol. The predicted molar refractivity (Wildman–Crippen MR) is 48.1 cm³/mol. The number of rotatable bonds is 5. The summed E-state index contributed by atoms with van der Waals surface area (Å²) in [5.74, 6) is 0. The van der Waals surface area contributed by atoms with E-state index >= 15 is 0 Å². The number of hydrogen-bond donors (Lipinski definition) is 0. The largest absolute Gasteiger partial charge is 0.376 e. The Labute approximate surface area is 68.2 Å². The molecule has 11 heavy (non-hydrogen) atoms. The van der Waals surface area contributed by atoms with Gasteiger partial charge >= 0.3 is 0 Å². The van der Waals surface area contributed by atoms with Gasteiger partial charge in [-0.3, -0.25) is 0 Å². The minimum atomic E-state index is -0.977. The van der Waals surface area contributed by atoms with Gasteiger partial charge in [-0.15, -0.1) is 0 Å². The van der Waals surface area contributed by atoms with Gasteiger partial charge in [-0.1, -0.05) is 24.8 Å². The molecule has 0 aliphatic rings. The third kappa shape index (κ3) is 9.49. The highest BCUT2D eigenvalue weighted by Gasteiger charge is 2.11. The summed E-state index contributed by atoms with van der Waals surface area (Å²) < 4.78 is 5.06. The van der Waals surface area contributed by atoms with Crippen molar-refractivity contribution >= 4 is 8.07 Å². The molecule has 0 aliphatic carbocycles. The highest BCUT2D eigenvalue weighted by Crippen LogP contribution is 2.07. The fourth-order valence-electron chi connectivity index (χ4n) is 0.510. The van der Waals surface area contributed by atoms with Gasteiger partial charge in [0.25, 0.3) is 0 Å². The Balaban J connectivity index is 3.21. The van der Waals surface area contributed by atoms with Gasteiger partial charge in [0, 0.05) is 19.6 Å². The lowest BCUT2D eigenvalue weighted by atomic mass is 10.8. The van der Waals surface area contributed by atoms with Crippen molar-refractivity contribution in [1.29, 1.82) is 0 Å². The summed E-state index contributed by atoms with van der Waals surface area (Å²) in [4.78, 5) is 2.58. The summed E-state index contributed by atoms with van der Waals surface area (Å²) >= 11 is 0. The van der Waals surface area contributed by atoms with Crippen LogP contribution in [-0.4, -0.2) is 21.4 Å². The molecule has 0 aromatic rings. The lowest BCUT2D eigenvalue weighted by Crippen LogP contribution is -2.21. The molecule has 0 unspecified atom stereocenters. The molecule has 0 bridgehead atoms. The SMILES string of the molecule is C[Si](C)(C)CCOCN=[N+]=[N-]. The van der Waals surface area contributed by atoms with Crippen LogP contribution in [-0.2, 0) is 4.74 Å². The van der Waals surface area contributed by atoms with Crippen molar-refractivity contribution in [3.05, 3.63) is 10.4 Å². The molecule has 0 aromatic heterocycles. The second-order valence-electron chi connectivity index (χ2n) is 3.58. The molecule has 0 radical (unpaired) electrons. The van der Waals surface area contributed by atoms with Gasteiger partial charge in [-0.05, 0) is 11.6 Å². The van der Waals surface area contributed by atoms with Gasteiger partial charge in [0.1, 0.15) is 6.73 Å². The first-order valence-corrected chi connectivity index (χ1v) is 7.35. The fourth-order valence-corrected chi connectivity index (χ4v) is 1.27. The van der Waals surface area contributed by atoms with Crippen molar-refractivity contribution in [2.75, 3.05) is 13.3 Å². The predicted octanol–water partition coefficient (Wildman–Crippen LogP) is 2.61. The number of azide groups is 1. The Kier molecular flexibility index (Phi) is 4.94. The molecule has 0 fully saturated rings. The second kappa shape index (κ2) is 5.18. The Bertz CT molecular complexity index is 148. The molecular weight excluding hydrogens is 158 g/mol. The van der Waals surface area contributed by atoms with Crippen LogP contribution in [0.25, 0.3) is 10.4 Å². The number of hydrogen-bond acceptors (Lipinski definition) is 2. The Hall–Kier alpha value is -0.513. The summed E-state index contributed by atoms with van der Waals surface area (Å²) in [6.07, 6.45) is 0. The first-order chi connectivity index (χ1) is 5.06. The van der Waals surface area contributed by atoms with E-state index in [1.165, 1.54) is 0 Å². The van der Waals surface area contributed by atoms with Gasteiger partial charge in [-0.2, -0.15) is 0 Å². The smallest absolute Gasteiger partial charge is 0.125 e. The van der Waals surface area contributed by atoms with E-state index in [9.17, 15) is 0 Å². The molecular formula is C6H15N3OSi. The van der Waals surface area contributed by atoms with Gasteiger partial charge in [0.15, 0.2) is 0 Å². The zero-order valence-corrected chi connectivity index (χ0v) is 8.37. The van der Waals surface area contributed by atoms with E-state index in [1.807, 2.05) is 0 Å². The van der Waals surface area contributed by atoms with Crippen LogP contribution in [0.1, 0.15) is 0 Å². The summed E-state index contributed by atoms with van der Waals surface area (Å²) in [5.41, 5.74) is 7.91. The second-order valence-corrected chi connectivity index (χ2v) is 9.20. The van der Waals surface area contributed by atoms with Crippen molar-refractivity contribution in [1.82, 2.24) is 0 Å². The van der Waals surface area contributed by atoms with Crippen LogP contribution in [0, 0.1) is 0 Å². The maximum atomic E-state index is 7.91. The first-order valence-electron chi connectivity index (χ1n) is 3.65. The summed E-state index contributed by atoms with van der Waals surface area (Å²) in [5, 5.41) is 3.27. The lowest BCUT2D eigenvalue weighted by Gasteiger charge is -2.14. The number of nitrogens with zero attached hydrogens (tertiary/aromatic N) is 3. The van der Waals surface area contributed by atoms with Gasteiger partial charge in [-0.25, -0.2) is 0 Å². The molecule has 0 saturated heterocycles. The topological polar surface area (TPSA) is 58.0 Å². The molecule has 0 saturated carbocycles. The Morgan fingerprint density at radius 3 is 2.55 bits per heavy atom. The molecule has 0 atom stereocenters. The van der Waals surface area contributed by atoms with Crippen LogP contribution in [0.15, 0.2) is 5.11 Å². The molecule has 0 amide bonds. The normalized spacial score (nSPS) is 10.8. The van der Waals surface area contributed by atoms with Crippen molar-refractivity contribution in [2.45, 2.75) is 25.7 Å². The van der Waals surface area contributed by atoms with Crippen molar-refractivity contribution in [2.24, 2.45) is 5.11 Å². The fraction of sp³-hybridized carbons (Fsp3) is 1.00. The maximum absolute atomic E-state index is 7.91. The Morgan fingerprint density at radius 1 is 1.45 bits per heavy atom. The number of ether oxygens (including phenoxy) is 1. The van der Waals surface area contributed by atoms with E-state index in [0.29, 0.717) is 0 Å².